The van der Waals surface area contributed by atoms with Crippen LogP contribution in [0.15, 0.2) is 18.5 Å². The highest BCUT2D eigenvalue weighted by atomic mass is 16.5. The van der Waals surface area contributed by atoms with Gasteiger partial charge in [0.25, 0.3) is 0 Å². The van der Waals surface area contributed by atoms with Crippen molar-refractivity contribution >= 4 is 0 Å². The summed E-state index contributed by atoms with van der Waals surface area (Å²) in [5, 5.41) is 3.37. The Morgan fingerprint density at radius 3 is 2.93 bits per heavy atom. The van der Waals surface area contributed by atoms with Gasteiger partial charge in [-0.3, -0.25) is 4.98 Å². The predicted octanol–water partition coefficient (Wildman–Crippen LogP) is 1.95. The lowest BCUT2D eigenvalue weighted by Gasteiger charge is -2.22. The van der Waals surface area contributed by atoms with E-state index in [9.17, 15) is 0 Å². The van der Waals surface area contributed by atoms with E-state index in [0.29, 0.717) is 12.5 Å². The fraction of sp³-hybridized carbons (Fsp3) is 0.583. The highest BCUT2D eigenvalue weighted by Gasteiger charge is 2.15. The van der Waals surface area contributed by atoms with Crippen LogP contribution in [0.4, 0.5) is 0 Å². The van der Waals surface area contributed by atoms with Crippen molar-refractivity contribution in [3.63, 3.8) is 0 Å². The minimum Gasteiger partial charge on any atom is -0.492 e. The molecule has 2 heterocycles. The van der Waals surface area contributed by atoms with Gasteiger partial charge in [0.05, 0.1) is 12.8 Å². The summed E-state index contributed by atoms with van der Waals surface area (Å²) in [5.74, 6) is 1.55. The molecule has 2 rings (SSSR count). The first-order chi connectivity index (χ1) is 7.40. The van der Waals surface area contributed by atoms with Crippen molar-refractivity contribution in [3.8, 4) is 5.75 Å². The normalized spacial score (nSPS) is 17.7. The van der Waals surface area contributed by atoms with Gasteiger partial charge in [0.1, 0.15) is 5.75 Å². The Hall–Kier alpha value is -1.09. The molecule has 0 amide bonds. The van der Waals surface area contributed by atoms with Crippen molar-refractivity contribution in [2.75, 3.05) is 19.7 Å². The zero-order chi connectivity index (χ0) is 10.5. The van der Waals surface area contributed by atoms with Gasteiger partial charge in [0.15, 0.2) is 0 Å². The number of rotatable bonds is 3. The highest BCUT2D eigenvalue weighted by Crippen LogP contribution is 2.26. The van der Waals surface area contributed by atoms with Crippen molar-refractivity contribution in [1.29, 1.82) is 0 Å². The Labute approximate surface area is 90.9 Å². The molecule has 0 unspecified atom stereocenters. The number of hydrogen-bond donors (Lipinski definition) is 1. The van der Waals surface area contributed by atoms with Crippen LogP contribution in [-0.4, -0.2) is 24.7 Å². The molecule has 1 fully saturated rings. The summed E-state index contributed by atoms with van der Waals surface area (Å²) in [4.78, 5) is 4.23. The Kier molecular flexibility index (Phi) is 3.56. The van der Waals surface area contributed by atoms with Crippen LogP contribution >= 0.6 is 0 Å². The molecule has 0 aromatic carbocycles. The molecule has 1 aromatic heterocycles. The zero-order valence-corrected chi connectivity index (χ0v) is 9.20. The summed E-state index contributed by atoms with van der Waals surface area (Å²) >= 11 is 0. The van der Waals surface area contributed by atoms with Gasteiger partial charge in [-0.15, -0.1) is 0 Å². The maximum Gasteiger partial charge on any atom is 0.137 e. The average molecular weight is 206 g/mol. The van der Waals surface area contributed by atoms with E-state index in [1.165, 1.54) is 18.4 Å². The van der Waals surface area contributed by atoms with Gasteiger partial charge in [0, 0.05) is 6.20 Å². The fourth-order valence-corrected chi connectivity index (χ4v) is 2.06. The Morgan fingerprint density at radius 1 is 1.40 bits per heavy atom. The van der Waals surface area contributed by atoms with E-state index in [1.807, 2.05) is 13.1 Å². The first-order valence-corrected chi connectivity index (χ1v) is 5.68. The van der Waals surface area contributed by atoms with Crippen LogP contribution in [0.3, 0.4) is 0 Å². The maximum atomic E-state index is 5.46. The second-order valence-electron chi connectivity index (χ2n) is 3.91. The van der Waals surface area contributed by atoms with E-state index in [4.69, 9.17) is 4.74 Å². The van der Waals surface area contributed by atoms with E-state index in [-0.39, 0.29) is 0 Å². The fourth-order valence-electron chi connectivity index (χ4n) is 2.06. The molecule has 3 heteroatoms. The molecule has 0 aliphatic carbocycles. The number of aromatic nitrogens is 1. The van der Waals surface area contributed by atoms with E-state index in [1.54, 1.807) is 6.20 Å². The Balaban J connectivity index is 2.09. The van der Waals surface area contributed by atoms with Crippen molar-refractivity contribution in [3.05, 3.63) is 24.0 Å². The first-order valence-electron chi connectivity index (χ1n) is 5.68. The molecule has 1 saturated heterocycles. The van der Waals surface area contributed by atoms with Gasteiger partial charge >= 0.3 is 0 Å². The molecule has 1 N–H and O–H groups in total. The average Bonchev–Trinajstić information content (AvgIpc) is 2.31. The molecule has 0 spiro atoms. The Morgan fingerprint density at radius 2 is 2.20 bits per heavy atom. The van der Waals surface area contributed by atoms with Gasteiger partial charge in [0.2, 0.25) is 0 Å². The summed E-state index contributed by atoms with van der Waals surface area (Å²) in [6, 6.07) is 2.13. The lowest BCUT2D eigenvalue weighted by Crippen LogP contribution is -2.26. The van der Waals surface area contributed by atoms with E-state index < -0.39 is 0 Å². The van der Waals surface area contributed by atoms with Crippen molar-refractivity contribution in [2.24, 2.45) is 0 Å². The molecular formula is C12H18N2O. The molecule has 0 radical (unpaired) electrons. The van der Waals surface area contributed by atoms with Crippen molar-refractivity contribution in [1.82, 2.24) is 10.3 Å². The van der Waals surface area contributed by atoms with Crippen LogP contribution in [0.25, 0.3) is 0 Å². The number of ether oxygens (including phenoxy) is 1. The standard InChI is InChI=1S/C12H18N2O/c1-2-15-12-7-11(8-14-9-12)10-3-5-13-6-4-10/h7-10,13H,2-6H2,1H3. The predicted molar refractivity (Wildman–Crippen MR) is 60.3 cm³/mol. The summed E-state index contributed by atoms with van der Waals surface area (Å²) in [7, 11) is 0. The SMILES string of the molecule is CCOc1cncc(C2CCNCC2)c1. The van der Waals surface area contributed by atoms with Gasteiger partial charge in [-0.1, -0.05) is 0 Å². The summed E-state index contributed by atoms with van der Waals surface area (Å²) in [6.45, 7) is 4.93. The molecule has 1 aliphatic heterocycles. The quantitative estimate of drug-likeness (QED) is 0.820. The molecule has 0 atom stereocenters. The second-order valence-corrected chi connectivity index (χ2v) is 3.91. The van der Waals surface area contributed by atoms with E-state index in [2.05, 4.69) is 16.4 Å². The Bertz CT molecular complexity index is 308. The van der Waals surface area contributed by atoms with Crippen LogP contribution in [0.1, 0.15) is 31.2 Å². The molecule has 0 saturated carbocycles. The van der Waals surface area contributed by atoms with Gasteiger partial charge in [-0.25, -0.2) is 0 Å². The molecule has 3 nitrogen and oxygen atoms in total. The summed E-state index contributed by atoms with van der Waals surface area (Å²) in [6.07, 6.45) is 6.17. The van der Waals surface area contributed by atoms with E-state index >= 15 is 0 Å². The van der Waals surface area contributed by atoms with Crippen LogP contribution in [-0.2, 0) is 0 Å². The van der Waals surface area contributed by atoms with Crippen LogP contribution in [0, 0.1) is 0 Å². The molecular weight excluding hydrogens is 188 g/mol. The number of nitrogens with zero attached hydrogens (tertiary/aromatic N) is 1. The molecule has 0 bridgehead atoms. The van der Waals surface area contributed by atoms with Crippen molar-refractivity contribution in [2.45, 2.75) is 25.7 Å². The molecule has 1 aliphatic rings. The lowest BCUT2D eigenvalue weighted by molar-refractivity contribution is 0.337. The molecule has 15 heavy (non-hydrogen) atoms. The first kappa shape index (κ1) is 10.4. The molecule has 82 valence electrons. The molecule has 1 aromatic rings. The van der Waals surface area contributed by atoms with Crippen LogP contribution in [0.2, 0.25) is 0 Å². The third-order valence-electron chi connectivity index (χ3n) is 2.86. The zero-order valence-electron chi connectivity index (χ0n) is 9.20. The summed E-state index contributed by atoms with van der Waals surface area (Å²) < 4.78 is 5.46. The van der Waals surface area contributed by atoms with E-state index in [0.717, 1.165) is 18.8 Å². The third kappa shape index (κ3) is 2.69. The number of piperidine rings is 1. The number of hydrogen-bond acceptors (Lipinski definition) is 3. The maximum absolute atomic E-state index is 5.46. The summed E-state index contributed by atoms with van der Waals surface area (Å²) in [5.41, 5.74) is 1.32. The topological polar surface area (TPSA) is 34.1 Å². The van der Waals surface area contributed by atoms with Crippen molar-refractivity contribution < 1.29 is 4.74 Å². The van der Waals surface area contributed by atoms with Crippen LogP contribution in [0.5, 0.6) is 5.75 Å². The largest absolute Gasteiger partial charge is 0.492 e. The highest BCUT2D eigenvalue weighted by molar-refractivity contribution is 5.26. The smallest absolute Gasteiger partial charge is 0.137 e. The number of nitrogens with one attached hydrogen (secondary N) is 1. The van der Waals surface area contributed by atoms with Gasteiger partial charge in [-0.2, -0.15) is 0 Å². The lowest BCUT2D eigenvalue weighted by atomic mass is 9.91. The van der Waals surface area contributed by atoms with Gasteiger partial charge < -0.3 is 10.1 Å². The monoisotopic (exact) mass is 206 g/mol. The minimum atomic E-state index is 0.652. The third-order valence-corrected chi connectivity index (χ3v) is 2.86. The number of pyridine rings is 1. The van der Waals surface area contributed by atoms with Gasteiger partial charge in [-0.05, 0) is 50.4 Å². The second kappa shape index (κ2) is 5.12. The minimum absolute atomic E-state index is 0.652. The van der Waals surface area contributed by atoms with Crippen LogP contribution < -0.4 is 10.1 Å².